The number of nitrogens with zero attached hydrogens (tertiary/aromatic N) is 1. The Morgan fingerprint density at radius 1 is 1.00 bits per heavy atom. The molecule has 2 nitrogen and oxygen atoms in total. The van der Waals surface area contributed by atoms with Crippen molar-refractivity contribution >= 4 is 0 Å². The molecule has 0 radical (unpaired) electrons. The lowest BCUT2D eigenvalue weighted by Gasteiger charge is -2.33. The van der Waals surface area contributed by atoms with Gasteiger partial charge in [0.25, 0.3) is 0 Å². The summed E-state index contributed by atoms with van der Waals surface area (Å²) in [7, 11) is 0. The molecular formula is C22H16F3NO. The van der Waals surface area contributed by atoms with Crippen LogP contribution in [0.15, 0.2) is 48.5 Å². The molecule has 2 bridgehead atoms. The van der Waals surface area contributed by atoms with Crippen LogP contribution in [0.4, 0.5) is 13.2 Å². The molecule has 0 N–H and O–H groups in total. The Bertz CT molecular complexity index is 1010. The Morgan fingerprint density at radius 3 is 2.37 bits per heavy atom. The molecule has 0 aromatic heterocycles. The average molecular weight is 367 g/mol. The van der Waals surface area contributed by atoms with Gasteiger partial charge in [-0.05, 0) is 40.7 Å². The fourth-order valence-electron chi connectivity index (χ4n) is 6.96. The first-order valence-corrected chi connectivity index (χ1v) is 9.22. The van der Waals surface area contributed by atoms with E-state index in [9.17, 15) is 18.4 Å². The van der Waals surface area contributed by atoms with Gasteiger partial charge in [-0.2, -0.15) is 18.4 Å². The number of hydrogen-bond donors (Lipinski definition) is 0. The molecular weight excluding hydrogens is 351 g/mol. The fraction of sp³-hybridized carbons (Fsp3) is 0.409. The predicted octanol–water partition coefficient (Wildman–Crippen LogP) is 4.84. The van der Waals surface area contributed by atoms with Gasteiger partial charge >= 0.3 is 6.18 Å². The summed E-state index contributed by atoms with van der Waals surface area (Å²) < 4.78 is 44.9. The summed E-state index contributed by atoms with van der Waals surface area (Å²) >= 11 is 0. The lowest BCUT2D eigenvalue weighted by molar-refractivity contribution is -0.137. The average Bonchev–Trinajstić information content (AvgIpc) is 3.07. The quantitative estimate of drug-likeness (QED) is 0.723. The number of ether oxygens (including phenoxy) is 1. The van der Waals surface area contributed by atoms with Crippen LogP contribution in [-0.2, 0) is 10.9 Å². The minimum atomic E-state index is -4.35. The number of alkyl halides is 3. The van der Waals surface area contributed by atoms with Crippen molar-refractivity contribution in [1.82, 2.24) is 0 Å². The lowest BCUT2D eigenvalue weighted by Crippen LogP contribution is -2.31. The highest BCUT2D eigenvalue weighted by Gasteiger charge is 2.92. The normalized spacial score (nSPS) is 40.2. The van der Waals surface area contributed by atoms with E-state index in [2.05, 4.69) is 18.2 Å². The van der Waals surface area contributed by atoms with Crippen molar-refractivity contribution in [2.45, 2.75) is 23.9 Å². The zero-order valence-electron chi connectivity index (χ0n) is 14.3. The van der Waals surface area contributed by atoms with Gasteiger partial charge in [0.1, 0.15) is 0 Å². The number of rotatable bonds is 1. The largest absolute Gasteiger partial charge is 0.416 e. The van der Waals surface area contributed by atoms with E-state index in [1.807, 2.05) is 12.1 Å². The van der Waals surface area contributed by atoms with Gasteiger partial charge in [-0.3, -0.25) is 0 Å². The number of fused-ring (bicyclic) bond motifs is 3. The maximum absolute atomic E-state index is 13.0. The van der Waals surface area contributed by atoms with Crippen molar-refractivity contribution in [2.75, 3.05) is 13.2 Å². The molecule has 2 aromatic carbocycles. The highest BCUT2D eigenvalue weighted by atomic mass is 19.4. The topological polar surface area (TPSA) is 33.0 Å². The molecule has 1 saturated heterocycles. The first kappa shape index (κ1) is 15.7. The first-order chi connectivity index (χ1) is 13.0. The summed E-state index contributed by atoms with van der Waals surface area (Å²) in [4.78, 5) is 0. The summed E-state index contributed by atoms with van der Waals surface area (Å²) in [5.74, 6) is 0.434. The van der Waals surface area contributed by atoms with E-state index in [0.717, 1.165) is 17.7 Å². The second kappa shape index (κ2) is 4.56. The van der Waals surface area contributed by atoms with E-state index >= 15 is 0 Å². The molecule has 6 atom stereocenters. The highest BCUT2D eigenvalue weighted by Crippen LogP contribution is 2.94. The van der Waals surface area contributed by atoms with Crippen LogP contribution >= 0.6 is 0 Å². The predicted molar refractivity (Wildman–Crippen MR) is 90.9 cm³/mol. The second-order valence-electron chi connectivity index (χ2n) is 8.34. The Morgan fingerprint density at radius 2 is 1.70 bits per heavy atom. The van der Waals surface area contributed by atoms with Gasteiger partial charge in [0.2, 0.25) is 0 Å². The monoisotopic (exact) mass is 367 g/mol. The summed E-state index contributed by atoms with van der Waals surface area (Å²) in [5.41, 5.74) is 1.98. The number of hydrogen-bond acceptors (Lipinski definition) is 2. The molecule has 6 rings (SSSR count). The molecule has 136 valence electrons. The molecule has 2 saturated carbocycles. The minimum Gasteiger partial charge on any atom is -0.380 e. The van der Waals surface area contributed by atoms with Gasteiger partial charge in [-0.25, -0.2) is 0 Å². The summed E-state index contributed by atoms with van der Waals surface area (Å²) in [5, 5.41) is 10.3. The van der Waals surface area contributed by atoms with Crippen LogP contribution in [0.5, 0.6) is 0 Å². The van der Waals surface area contributed by atoms with Crippen LogP contribution < -0.4 is 0 Å². The molecule has 4 aliphatic rings. The van der Waals surface area contributed by atoms with Crippen molar-refractivity contribution in [3.05, 3.63) is 70.8 Å². The van der Waals surface area contributed by atoms with Crippen molar-refractivity contribution in [2.24, 2.45) is 16.7 Å². The third-order valence-corrected chi connectivity index (χ3v) is 7.63. The molecule has 3 aliphatic carbocycles. The molecule has 3 fully saturated rings. The Kier molecular flexibility index (Phi) is 2.65. The third-order valence-electron chi connectivity index (χ3n) is 7.63. The summed E-state index contributed by atoms with van der Waals surface area (Å²) in [6, 6.07) is 16.4. The fourth-order valence-corrected chi connectivity index (χ4v) is 6.96. The van der Waals surface area contributed by atoms with Crippen molar-refractivity contribution < 1.29 is 17.9 Å². The van der Waals surface area contributed by atoms with E-state index in [0.29, 0.717) is 13.2 Å². The van der Waals surface area contributed by atoms with Gasteiger partial charge < -0.3 is 4.74 Å². The van der Waals surface area contributed by atoms with E-state index in [1.54, 1.807) is 12.1 Å². The maximum Gasteiger partial charge on any atom is 0.416 e. The SMILES string of the molecule is N#C[C@@]12[C@@H]3c4ccccc4[C@@H]4[C@@H](COCC431)[C@@H]2c1ccc(C(F)(F)F)cc1. The molecule has 2 aromatic rings. The highest BCUT2D eigenvalue weighted by molar-refractivity contribution is 5.64. The Labute approximate surface area is 154 Å². The molecule has 5 heteroatoms. The standard InChI is InChI=1S/C22H16F3NO/c23-22(24,25)13-7-5-12(6-8-13)17-16-9-27-11-21-18(16)14-3-1-2-4-15(14)19(21)20(17,21)10-26/h1-8,16-19H,9,11H2/t16-,17-,18+,19-,20+,21?/m0/s1. The van der Waals surface area contributed by atoms with Gasteiger partial charge in [0.15, 0.2) is 0 Å². The zero-order valence-corrected chi connectivity index (χ0v) is 14.3. The molecule has 0 amide bonds. The van der Waals surface area contributed by atoms with Gasteiger partial charge in [0, 0.05) is 17.3 Å². The number of benzene rings is 2. The third kappa shape index (κ3) is 1.52. The second-order valence-corrected chi connectivity index (χ2v) is 8.34. The van der Waals surface area contributed by atoms with Gasteiger partial charge in [0.05, 0.1) is 30.3 Å². The summed E-state index contributed by atoms with van der Waals surface area (Å²) in [6.45, 7) is 1.13. The number of halogens is 3. The van der Waals surface area contributed by atoms with Crippen molar-refractivity contribution in [1.29, 1.82) is 5.26 Å². The van der Waals surface area contributed by atoms with Crippen LogP contribution in [0.1, 0.15) is 40.0 Å². The van der Waals surface area contributed by atoms with E-state index in [4.69, 9.17) is 4.74 Å². The maximum atomic E-state index is 13.0. The number of nitriles is 1. The van der Waals surface area contributed by atoms with Crippen molar-refractivity contribution in [3.8, 4) is 6.07 Å². The summed E-state index contributed by atoms with van der Waals surface area (Å²) in [6.07, 6.45) is -4.35. The minimum absolute atomic E-state index is 0.0883. The molecule has 1 heterocycles. The van der Waals surface area contributed by atoms with Crippen LogP contribution in [0.2, 0.25) is 0 Å². The molecule has 1 aliphatic heterocycles. The molecule has 1 spiro atoms. The Balaban J connectivity index is 1.52. The van der Waals surface area contributed by atoms with E-state index in [-0.39, 0.29) is 29.1 Å². The van der Waals surface area contributed by atoms with Crippen LogP contribution in [0.25, 0.3) is 0 Å². The first-order valence-electron chi connectivity index (χ1n) is 9.22. The Hall–Kier alpha value is -2.32. The van der Waals surface area contributed by atoms with Crippen molar-refractivity contribution in [3.63, 3.8) is 0 Å². The van der Waals surface area contributed by atoms with Gasteiger partial charge in [-0.1, -0.05) is 36.4 Å². The van der Waals surface area contributed by atoms with Crippen LogP contribution in [-0.4, -0.2) is 13.2 Å². The molecule has 27 heavy (non-hydrogen) atoms. The van der Waals surface area contributed by atoms with Gasteiger partial charge in [-0.15, -0.1) is 0 Å². The lowest BCUT2D eigenvalue weighted by atomic mass is 9.75. The van der Waals surface area contributed by atoms with E-state index < -0.39 is 17.2 Å². The smallest absolute Gasteiger partial charge is 0.380 e. The van der Waals surface area contributed by atoms with E-state index in [1.165, 1.54) is 11.1 Å². The zero-order chi connectivity index (χ0) is 18.6. The van der Waals surface area contributed by atoms with Crippen LogP contribution in [0, 0.1) is 28.1 Å². The van der Waals surface area contributed by atoms with Crippen LogP contribution in [0.3, 0.4) is 0 Å². The molecule has 1 unspecified atom stereocenters.